The van der Waals surface area contributed by atoms with E-state index in [-0.39, 0.29) is 13.0 Å². The van der Waals surface area contributed by atoms with Gasteiger partial charge in [-0.1, -0.05) is 0 Å². The van der Waals surface area contributed by atoms with Crippen LogP contribution in [0.4, 0.5) is 0 Å². The number of nitrogens with zero attached hydrogens (tertiary/aromatic N) is 1. The maximum atomic E-state index is 10.6. The van der Waals surface area contributed by atoms with Gasteiger partial charge in [0.1, 0.15) is 0 Å². The van der Waals surface area contributed by atoms with Gasteiger partial charge in [-0.15, -0.1) is 4.90 Å². The molecule has 2 atom stereocenters. The molecule has 0 aromatic carbocycles. The van der Waals surface area contributed by atoms with E-state index >= 15 is 0 Å². The minimum atomic E-state index is -0.678. The zero-order chi connectivity index (χ0) is 8.43. The van der Waals surface area contributed by atoms with Crippen molar-refractivity contribution >= 4 is 12.3 Å². The van der Waals surface area contributed by atoms with Crippen LogP contribution in [0.3, 0.4) is 0 Å². The Morgan fingerprint density at radius 2 is 2.36 bits per heavy atom. The third-order valence-corrected chi connectivity index (χ3v) is 1.72. The SMILES string of the molecule is NC(=O)C1CC(O)CN1[C+]=O. The van der Waals surface area contributed by atoms with E-state index in [4.69, 9.17) is 10.8 Å². The summed E-state index contributed by atoms with van der Waals surface area (Å²) in [6.07, 6.45) is 1.13. The molecule has 1 fully saturated rings. The molecule has 1 heterocycles. The van der Waals surface area contributed by atoms with Crippen molar-refractivity contribution in [1.29, 1.82) is 0 Å². The fourth-order valence-electron chi connectivity index (χ4n) is 1.18. The second-order valence-corrected chi connectivity index (χ2v) is 2.55. The van der Waals surface area contributed by atoms with Gasteiger partial charge in [0.2, 0.25) is 5.91 Å². The molecule has 0 spiro atoms. The zero-order valence-corrected chi connectivity index (χ0v) is 5.86. The first-order valence-electron chi connectivity index (χ1n) is 3.27. The van der Waals surface area contributed by atoms with Crippen LogP contribution in [-0.2, 0) is 9.59 Å². The highest BCUT2D eigenvalue weighted by Gasteiger charge is 2.41. The first kappa shape index (κ1) is 7.91. The molecule has 11 heavy (non-hydrogen) atoms. The van der Waals surface area contributed by atoms with Crippen molar-refractivity contribution in [3.05, 3.63) is 0 Å². The summed E-state index contributed by atoms with van der Waals surface area (Å²) >= 11 is 0. The number of carbonyl (C=O) groups is 1. The van der Waals surface area contributed by atoms with E-state index in [1.807, 2.05) is 0 Å². The second-order valence-electron chi connectivity index (χ2n) is 2.55. The van der Waals surface area contributed by atoms with Crippen LogP contribution in [0.5, 0.6) is 0 Å². The van der Waals surface area contributed by atoms with E-state index in [1.165, 1.54) is 0 Å². The lowest BCUT2D eigenvalue weighted by Gasteiger charge is -2.03. The van der Waals surface area contributed by atoms with E-state index in [1.54, 1.807) is 6.41 Å². The molecule has 2 amide bonds. The summed E-state index contributed by atoms with van der Waals surface area (Å²) in [6.45, 7) is 0.150. The molecule has 0 aromatic rings. The topological polar surface area (TPSA) is 83.6 Å². The number of primary amides is 1. The number of nitrogens with two attached hydrogens (primary N) is 1. The molecule has 5 heteroatoms. The summed E-state index contributed by atoms with van der Waals surface area (Å²) in [4.78, 5) is 21.8. The molecule has 0 aromatic heterocycles. The molecule has 0 aliphatic carbocycles. The van der Waals surface area contributed by atoms with Gasteiger partial charge >= 0.3 is 6.41 Å². The average molecular weight is 157 g/mol. The summed E-state index contributed by atoms with van der Waals surface area (Å²) in [5, 5.41) is 9.02. The summed E-state index contributed by atoms with van der Waals surface area (Å²) in [5.41, 5.74) is 4.96. The van der Waals surface area contributed by atoms with Gasteiger partial charge in [-0.25, -0.2) is 0 Å². The molecule has 1 aliphatic rings. The van der Waals surface area contributed by atoms with E-state index in [0.29, 0.717) is 0 Å². The van der Waals surface area contributed by atoms with Crippen molar-refractivity contribution < 1.29 is 14.7 Å². The number of aliphatic hydroxyl groups excluding tert-OH is 1. The largest absolute Gasteiger partial charge is 0.668 e. The molecule has 0 bridgehead atoms. The third kappa shape index (κ3) is 1.45. The van der Waals surface area contributed by atoms with Gasteiger partial charge in [0.25, 0.3) is 0 Å². The predicted octanol–water partition coefficient (Wildman–Crippen LogP) is -2.03. The summed E-state index contributed by atoms with van der Waals surface area (Å²) in [5.74, 6) is -0.593. The van der Waals surface area contributed by atoms with Crippen LogP contribution in [0.1, 0.15) is 6.42 Å². The van der Waals surface area contributed by atoms with Crippen LogP contribution >= 0.6 is 0 Å². The third-order valence-electron chi connectivity index (χ3n) is 1.72. The second kappa shape index (κ2) is 2.82. The molecular weight excluding hydrogens is 148 g/mol. The Morgan fingerprint density at radius 3 is 2.73 bits per heavy atom. The fourth-order valence-corrected chi connectivity index (χ4v) is 1.18. The predicted molar refractivity (Wildman–Crippen MR) is 36.0 cm³/mol. The standard InChI is InChI=1S/C6H8N2O3/c7-6(11)5-1-4(10)2-8(5)3-9/h4-5,10H,1-2H2,(H-,7,11)/p+1. The minimum absolute atomic E-state index is 0.150. The Hall–Kier alpha value is -1.19. The van der Waals surface area contributed by atoms with Crippen molar-refractivity contribution in [3.8, 4) is 0 Å². The van der Waals surface area contributed by atoms with Crippen LogP contribution in [0.25, 0.3) is 0 Å². The first-order chi connectivity index (χ1) is 5.15. The Balaban J connectivity index is 2.64. The van der Waals surface area contributed by atoms with Crippen LogP contribution < -0.4 is 5.73 Å². The number of aliphatic hydroxyl groups is 1. The maximum absolute atomic E-state index is 10.6. The molecule has 60 valence electrons. The van der Waals surface area contributed by atoms with E-state index in [9.17, 15) is 9.59 Å². The molecule has 0 radical (unpaired) electrons. The van der Waals surface area contributed by atoms with Crippen molar-refractivity contribution in [2.45, 2.75) is 18.6 Å². The van der Waals surface area contributed by atoms with Crippen LogP contribution in [0.2, 0.25) is 0 Å². The quantitative estimate of drug-likeness (QED) is 0.453. The van der Waals surface area contributed by atoms with Gasteiger partial charge in [-0.2, -0.15) is 0 Å². The normalized spacial score (nSPS) is 30.1. The van der Waals surface area contributed by atoms with Crippen LogP contribution in [-0.4, -0.2) is 41.0 Å². The Labute approximate surface area is 63.8 Å². The molecule has 2 unspecified atom stereocenters. The summed E-state index contributed by atoms with van der Waals surface area (Å²) < 4.78 is 0. The van der Waals surface area contributed by atoms with Gasteiger partial charge < -0.3 is 10.8 Å². The highest BCUT2D eigenvalue weighted by molar-refractivity contribution is 5.82. The Bertz CT molecular complexity index is 183. The lowest BCUT2D eigenvalue weighted by atomic mass is 10.2. The van der Waals surface area contributed by atoms with E-state index in [0.717, 1.165) is 4.90 Å². The molecule has 5 nitrogen and oxygen atoms in total. The molecule has 3 N–H and O–H groups in total. The molecule has 1 aliphatic heterocycles. The first-order valence-corrected chi connectivity index (χ1v) is 3.27. The summed E-state index contributed by atoms with van der Waals surface area (Å²) in [7, 11) is 0. The van der Waals surface area contributed by atoms with E-state index < -0.39 is 18.1 Å². The van der Waals surface area contributed by atoms with Crippen LogP contribution in [0.15, 0.2) is 0 Å². The minimum Gasteiger partial charge on any atom is -0.391 e. The Kier molecular flexibility index (Phi) is 2.03. The van der Waals surface area contributed by atoms with Crippen molar-refractivity contribution in [2.75, 3.05) is 6.54 Å². The number of hydrogen-bond acceptors (Lipinski definition) is 3. The molecule has 0 saturated carbocycles. The number of amides is 2. The van der Waals surface area contributed by atoms with Gasteiger partial charge in [-0.05, 0) is 0 Å². The smallest absolute Gasteiger partial charge is 0.391 e. The lowest BCUT2D eigenvalue weighted by Crippen LogP contribution is -2.39. The maximum Gasteiger partial charge on any atom is 0.668 e. The van der Waals surface area contributed by atoms with E-state index in [2.05, 4.69) is 0 Å². The van der Waals surface area contributed by atoms with Gasteiger partial charge in [0.05, 0.1) is 17.4 Å². The average Bonchev–Trinajstić information content (AvgIpc) is 2.30. The lowest BCUT2D eigenvalue weighted by molar-refractivity contribution is -0.121. The number of rotatable bonds is 2. The monoisotopic (exact) mass is 157 g/mol. The van der Waals surface area contributed by atoms with Gasteiger partial charge in [-0.3, -0.25) is 4.79 Å². The van der Waals surface area contributed by atoms with Crippen molar-refractivity contribution in [3.63, 3.8) is 0 Å². The fraction of sp³-hybridized carbons (Fsp3) is 0.667. The zero-order valence-electron chi connectivity index (χ0n) is 5.86. The highest BCUT2D eigenvalue weighted by atomic mass is 16.3. The number of β-amino-alcohol motifs (C(OH)–C–C–N with tert-alkyl or cyclic N) is 1. The Morgan fingerprint density at radius 1 is 1.73 bits per heavy atom. The summed E-state index contributed by atoms with van der Waals surface area (Å²) in [6, 6.07) is -0.678. The van der Waals surface area contributed by atoms with Gasteiger partial charge in [0.15, 0.2) is 6.04 Å². The molecule has 1 saturated heterocycles. The number of hydrogen-bond donors (Lipinski definition) is 2. The van der Waals surface area contributed by atoms with Gasteiger partial charge in [0, 0.05) is 6.42 Å². The molecule has 1 rings (SSSR count). The van der Waals surface area contributed by atoms with Crippen molar-refractivity contribution in [2.24, 2.45) is 5.73 Å². The van der Waals surface area contributed by atoms with Crippen LogP contribution in [0, 0.1) is 0 Å². The molecular formula is C6H9N2O3+. The number of carbonyl (C=O) groups excluding carboxylic acids is 2. The van der Waals surface area contributed by atoms with Crippen molar-refractivity contribution in [1.82, 2.24) is 4.90 Å². The highest BCUT2D eigenvalue weighted by Crippen LogP contribution is 2.14. The number of likely N-dealkylation sites (tertiary alicyclic amines) is 1.